The Labute approximate surface area is 182 Å². The number of hydrogen-bond acceptors (Lipinski definition) is 3. The third-order valence-electron chi connectivity index (χ3n) is 5.32. The summed E-state index contributed by atoms with van der Waals surface area (Å²) in [5, 5.41) is 0. The molecule has 1 saturated heterocycles. The largest absolute Gasteiger partial charge is 0.416 e. The lowest BCUT2D eigenvalue weighted by Gasteiger charge is -2.16. The predicted octanol–water partition coefficient (Wildman–Crippen LogP) is 5.72. The number of halogens is 6. The molecule has 1 aliphatic heterocycles. The lowest BCUT2D eigenvalue weighted by molar-refractivity contribution is -0.143. The zero-order valence-corrected chi connectivity index (χ0v) is 17.9. The summed E-state index contributed by atoms with van der Waals surface area (Å²) < 4.78 is 105. The van der Waals surface area contributed by atoms with Gasteiger partial charge in [-0.3, -0.25) is 4.72 Å². The molecular weight excluding hydrogens is 458 g/mol. The van der Waals surface area contributed by atoms with Gasteiger partial charge in [-0.25, -0.2) is 8.42 Å². The van der Waals surface area contributed by atoms with Crippen molar-refractivity contribution in [3.05, 3.63) is 59.2 Å². The summed E-state index contributed by atoms with van der Waals surface area (Å²) in [5.41, 5.74) is -2.35. The molecule has 0 amide bonds. The molecule has 0 spiro atoms. The van der Waals surface area contributed by atoms with Crippen LogP contribution >= 0.6 is 0 Å². The highest BCUT2D eigenvalue weighted by molar-refractivity contribution is 7.92. The number of rotatable bonds is 6. The van der Waals surface area contributed by atoms with E-state index in [1.165, 1.54) is 12.1 Å². The summed E-state index contributed by atoms with van der Waals surface area (Å²) >= 11 is 0. The maximum absolute atomic E-state index is 13.0. The molecule has 1 atom stereocenters. The molecule has 176 valence electrons. The Morgan fingerprint density at radius 3 is 2.03 bits per heavy atom. The van der Waals surface area contributed by atoms with E-state index in [4.69, 9.17) is 0 Å². The molecule has 11 heteroatoms. The number of hydrogen-bond donors (Lipinski definition) is 1. The smallest absolute Gasteiger partial charge is 0.303 e. The van der Waals surface area contributed by atoms with Crippen molar-refractivity contribution in [1.29, 1.82) is 0 Å². The van der Waals surface area contributed by atoms with Gasteiger partial charge < -0.3 is 4.90 Å². The van der Waals surface area contributed by atoms with Crippen molar-refractivity contribution in [2.24, 2.45) is 0 Å². The van der Waals surface area contributed by atoms with Gasteiger partial charge in [0.05, 0.1) is 16.0 Å². The zero-order valence-electron chi connectivity index (χ0n) is 17.1. The zero-order chi connectivity index (χ0) is 23.7. The minimum atomic E-state index is -5.14. The Morgan fingerprint density at radius 1 is 0.969 bits per heavy atom. The maximum atomic E-state index is 13.0. The van der Waals surface area contributed by atoms with Crippen LogP contribution in [0.1, 0.15) is 42.4 Å². The van der Waals surface area contributed by atoms with Crippen molar-refractivity contribution in [3.8, 4) is 0 Å². The van der Waals surface area contributed by atoms with E-state index < -0.39 is 38.4 Å². The highest BCUT2D eigenvalue weighted by Crippen LogP contribution is 2.37. The van der Waals surface area contributed by atoms with E-state index in [0.717, 1.165) is 38.0 Å². The van der Waals surface area contributed by atoms with Crippen LogP contribution in [0.25, 0.3) is 0 Å². The monoisotopic (exact) mass is 480 g/mol. The molecule has 0 bridgehead atoms. The maximum Gasteiger partial charge on any atom is 0.416 e. The fourth-order valence-electron chi connectivity index (χ4n) is 3.74. The van der Waals surface area contributed by atoms with Crippen LogP contribution in [0.5, 0.6) is 0 Å². The van der Waals surface area contributed by atoms with Crippen molar-refractivity contribution in [3.63, 3.8) is 0 Å². The first-order valence-electron chi connectivity index (χ1n) is 9.94. The SMILES string of the molecule is CCCN1CC[C@@H](c2ccc(NS(=O)(=O)c3cc(C(F)(F)F)cc(C(F)(F)F)c3)cc2)C1. The fraction of sp³-hybridized carbons (Fsp3) is 0.429. The van der Waals surface area contributed by atoms with Gasteiger partial charge in [0.25, 0.3) is 10.0 Å². The minimum absolute atomic E-state index is 0.0446. The molecule has 0 aliphatic carbocycles. The molecule has 1 fully saturated rings. The molecular formula is C21H22F6N2O2S. The fourth-order valence-corrected chi connectivity index (χ4v) is 4.87. The van der Waals surface area contributed by atoms with E-state index in [9.17, 15) is 34.8 Å². The summed E-state index contributed by atoms with van der Waals surface area (Å²) in [4.78, 5) is 1.21. The second kappa shape index (κ2) is 8.93. The normalized spacial score (nSPS) is 18.2. The van der Waals surface area contributed by atoms with Crippen LogP contribution in [-0.2, 0) is 22.4 Å². The highest BCUT2D eigenvalue weighted by atomic mass is 32.2. The van der Waals surface area contributed by atoms with E-state index in [1.807, 2.05) is 0 Å². The van der Waals surface area contributed by atoms with Gasteiger partial charge in [-0.15, -0.1) is 0 Å². The van der Waals surface area contributed by atoms with Gasteiger partial charge in [0, 0.05) is 12.2 Å². The Kier molecular flexibility index (Phi) is 6.80. The van der Waals surface area contributed by atoms with E-state index >= 15 is 0 Å². The molecule has 1 N–H and O–H groups in total. The Hall–Kier alpha value is -2.27. The third-order valence-corrected chi connectivity index (χ3v) is 6.68. The Balaban J connectivity index is 1.83. The minimum Gasteiger partial charge on any atom is -0.303 e. The van der Waals surface area contributed by atoms with E-state index in [2.05, 4.69) is 16.5 Å². The first kappa shape index (κ1) is 24.4. The Morgan fingerprint density at radius 2 is 1.53 bits per heavy atom. The molecule has 1 heterocycles. The van der Waals surface area contributed by atoms with Gasteiger partial charge >= 0.3 is 12.4 Å². The van der Waals surface area contributed by atoms with Gasteiger partial charge in [-0.05, 0) is 67.7 Å². The van der Waals surface area contributed by atoms with E-state index in [0.29, 0.717) is 0 Å². The predicted molar refractivity (Wildman–Crippen MR) is 108 cm³/mol. The number of nitrogens with one attached hydrogen (secondary N) is 1. The molecule has 0 unspecified atom stereocenters. The average molecular weight is 480 g/mol. The van der Waals surface area contributed by atoms with Crippen LogP contribution in [0.2, 0.25) is 0 Å². The number of anilines is 1. The van der Waals surface area contributed by atoms with Crippen molar-refractivity contribution >= 4 is 15.7 Å². The van der Waals surface area contributed by atoms with E-state index in [1.54, 1.807) is 12.1 Å². The second-order valence-corrected chi connectivity index (χ2v) is 9.44. The summed E-state index contributed by atoms with van der Waals surface area (Å²) in [6.45, 7) is 4.93. The van der Waals surface area contributed by atoms with Gasteiger partial charge in [-0.2, -0.15) is 26.3 Å². The average Bonchev–Trinajstić information content (AvgIpc) is 3.15. The second-order valence-electron chi connectivity index (χ2n) is 7.76. The van der Waals surface area contributed by atoms with Gasteiger partial charge in [0.2, 0.25) is 0 Å². The molecule has 2 aromatic rings. The van der Waals surface area contributed by atoms with Crippen LogP contribution in [0.3, 0.4) is 0 Å². The van der Waals surface area contributed by atoms with Crippen molar-refractivity contribution in [2.75, 3.05) is 24.4 Å². The molecule has 1 aliphatic rings. The third kappa shape index (κ3) is 5.74. The summed E-state index contributed by atoms with van der Waals surface area (Å²) in [5.74, 6) is 0.282. The summed E-state index contributed by atoms with van der Waals surface area (Å²) in [7, 11) is -4.69. The van der Waals surface area contributed by atoms with Crippen molar-refractivity contribution in [2.45, 2.75) is 42.9 Å². The number of nitrogens with zero attached hydrogens (tertiary/aromatic N) is 1. The molecule has 32 heavy (non-hydrogen) atoms. The van der Waals surface area contributed by atoms with Gasteiger partial charge in [0.1, 0.15) is 0 Å². The molecule has 0 radical (unpaired) electrons. The standard InChI is InChI=1S/C21H22F6N2O2S/c1-2-8-29-9-7-15(13-29)14-3-5-18(6-4-14)28-32(30,31)19-11-16(20(22,23)24)10-17(12-19)21(25,26)27/h3-6,10-12,15,28H,2,7-9,13H2,1H3/t15-/m1/s1. The highest BCUT2D eigenvalue weighted by Gasteiger charge is 2.38. The van der Waals surface area contributed by atoms with Crippen LogP contribution < -0.4 is 4.72 Å². The quantitative estimate of drug-likeness (QED) is 0.538. The van der Waals surface area contributed by atoms with E-state index in [-0.39, 0.29) is 29.8 Å². The lowest BCUT2D eigenvalue weighted by atomic mass is 9.98. The first-order chi connectivity index (χ1) is 14.8. The van der Waals surface area contributed by atoms with Crippen LogP contribution in [0, 0.1) is 0 Å². The van der Waals surface area contributed by atoms with Crippen LogP contribution in [-0.4, -0.2) is 33.0 Å². The summed E-state index contributed by atoms with van der Waals surface area (Å²) in [6, 6.07) is 6.59. The molecule has 0 aromatic heterocycles. The Bertz CT molecular complexity index is 1020. The van der Waals surface area contributed by atoms with Crippen LogP contribution in [0.15, 0.2) is 47.4 Å². The molecule has 2 aromatic carbocycles. The lowest BCUT2D eigenvalue weighted by Crippen LogP contribution is -2.20. The number of benzene rings is 2. The summed E-state index contributed by atoms with van der Waals surface area (Å²) in [6.07, 6.45) is -8.28. The molecule has 4 nitrogen and oxygen atoms in total. The molecule has 3 rings (SSSR count). The van der Waals surface area contributed by atoms with Crippen molar-refractivity contribution in [1.82, 2.24) is 4.90 Å². The topological polar surface area (TPSA) is 49.4 Å². The number of sulfonamides is 1. The number of alkyl halides is 6. The van der Waals surface area contributed by atoms with Crippen LogP contribution in [0.4, 0.5) is 32.0 Å². The van der Waals surface area contributed by atoms with Gasteiger partial charge in [-0.1, -0.05) is 19.1 Å². The molecule has 0 saturated carbocycles. The van der Waals surface area contributed by atoms with Gasteiger partial charge in [0.15, 0.2) is 0 Å². The number of likely N-dealkylation sites (tertiary alicyclic amines) is 1. The van der Waals surface area contributed by atoms with Crippen molar-refractivity contribution < 1.29 is 34.8 Å². The first-order valence-corrected chi connectivity index (χ1v) is 11.4.